The summed E-state index contributed by atoms with van der Waals surface area (Å²) in [6.45, 7) is 7.48. The van der Waals surface area contributed by atoms with Crippen LogP contribution in [0.15, 0.2) is 12.2 Å². The number of aliphatic hydroxyl groups excluding tert-OH is 1. The minimum absolute atomic E-state index is 0.195. The van der Waals surface area contributed by atoms with Crippen molar-refractivity contribution in [2.75, 3.05) is 46.9 Å². The average Bonchev–Trinajstić information content (AvgIpc) is 2.46. The standard InChI is InChI=1S/C18H37N2O2/c1-5-7-8-9-10-11-12-13-18(22)19(6-2)14-15-20(3,4)16-17-21/h5,7,21H,6,8-17H2,1-4H3/q+1/b7-5+. The smallest absolute Gasteiger partial charge is 0.222 e. The van der Waals surface area contributed by atoms with E-state index in [-0.39, 0.29) is 12.5 Å². The number of quaternary nitrogens is 1. The summed E-state index contributed by atoms with van der Waals surface area (Å²) in [5.74, 6) is 0.278. The van der Waals surface area contributed by atoms with Gasteiger partial charge in [-0.2, -0.15) is 0 Å². The third-order valence-electron chi connectivity index (χ3n) is 4.16. The highest BCUT2D eigenvalue weighted by Gasteiger charge is 2.18. The molecule has 4 nitrogen and oxygen atoms in total. The van der Waals surface area contributed by atoms with Crippen molar-refractivity contribution in [3.63, 3.8) is 0 Å². The Hall–Kier alpha value is -0.870. The van der Waals surface area contributed by atoms with Crippen molar-refractivity contribution in [3.05, 3.63) is 12.2 Å². The van der Waals surface area contributed by atoms with E-state index in [2.05, 4.69) is 33.2 Å². The predicted molar refractivity (Wildman–Crippen MR) is 93.7 cm³/mol. The summed E-state index contributed by atoms with van der Waals surface area (Å²) >= 11 is 0. The van der Waals surface area contributed by atoms with Gasteiger partial charge >= 0.3 is 0 Å². The van der Waals surface area contributed by atoms with Crippen LogP contribution in [0.5, 0.6) is 0 Å². The lowest BCUT2D eigenvalue weighted by molar-refractivity contribution is -0.890. The van der Waals surface area contributed by atoms with Gasteiger partial charge < -0.3 is 14.5 Å². The number of unbranched alkanes of at least 4 members (excludes halogenated alkanes) is 4. The molecule has 0 unspecified atom stereocenters. The Balaban J connectivity index is 3.90. The number of hydrogen-bond acceptors (Lipinski definition) is 2. The lowest BCUT2D eigenvalue weighted by Gasteiger charge is -2.32. The molecule has 0 aliphatic carbocycles. The van der Waals surface area contributed by atoms with Crippen molar-refractivity contribution in [2.24, 2.45) is 0 Å². The quantitative estimate of drug-likeness (QED) is 0.323. The Morgan fingerprint density at radius 2 is 1.82 bits per heavy atom. The number of aliphatic hydroxyl groups is 1. The molecule has 4 heteroatoms. The molecule has 0 saturated heterocycles. The molecule has 0 heterocycles. The number of hydrogen-bond donors (Lipinski definition) is 1. The minimum Gasteiger partial charge on any atom is -0.391 e. The molecule has 1 amide bonds. The van der Waals surface area contributed by atoms with E-state index in [1.54, 1.807) is 0 Å². The molecule has 22 heavy (non-hydrogen) atoms. The summed E-state index contributed by atoms with van der Waals surface area (Å²) in [6, 6.07) is 0. The highest BCUT2D eigenvalue weighted by Crippen LogP contribution is 2.08. The topological polar surface area (TPSA) is 40.5 Å². The lowest BCUT2D eigenvalue weighted by Crippen LogP contribution is -2.48. The zero-order chi connectivity index (χ0) is 16.8. The fraction of sp³-hybridized carbons (Fsp3) is 0.833. The zero-order valence-corrected chi connectivity index (χ0v) is 15.2. The maximum absolute atomic E-state index is 12.2. The van der Waals surface area contributed by atoms with Crippen LogP contribution < -0.4 is 0 Å². The normalized spacial score (nSPS) is 12.0. The Bertz CT molecular complexity index is 314. The summed E-state index contributed by atoms with van der Waals surface area (Å²) in [6.07, 6.45) is 10.7. The number of allylic oxidation sites excluding steroid dienone is 2. The van der Waals surface area contributed by atoms with Gasteiger partial charge in [0.15, 0.2) is 0 Å². The van der Waals surface area contributed by atoms with Gasteiger partial charge in [0.1, 0.15) is 6.54 Å². The Kier molecular flexibility index (Phi) is 12.2. The SMILES string of the molecule is C/C=C/CCCCCCC(=O)N(CC)CC[N+](C)(C)CCO. The molecule has 0 fully saturated rings. The van der Waals surface area contributed by atoms with E-state index in [0.29, 0.717) is 6.42 Å². The molecule has 1 N–H and O–H groups in total. The molecule has 130 valence electrons. The molecule has 0 aliphatic heterocycles. The maximum Gasteiger partial charge on any atom is 0.222 e. The van der Waals surface area contributed by atoms with Crippen LogP contribution in [0.2, 0.25) is 0 Å². The first-order chi connectivity index (χ1) is 10.5. The molecule has 0 saturated carbocycles. The van der Waals surface area contributed by atoms with Crippen LogP contribution in [-0.4, -0.2) is 67.3 Å². The van der Waals surface area contributed by atoms with Crippen molar-refractivity contribution >= 4 is 5.91 Å². The largest absolute Gasteiger partial charge is 0.391 e. The summed E-state index contributed by atoms with van der Waals surface area (Å²) in [5.41, 5.74) is 0. The number of carbonyl (C=O) groups is 1. The number of amides is 1. The average molecular weight is 314 g/mol. The third kappa shape index (κ3) is 10.8. The molecule has 0 rings (SSSR count). The van der Waals surface area contributed by atoms with Crippen LogP contribution in [0.4, 0.5) is 0 Å². The Labute approximate surface area is 137 Å². The third-order valence-corrected chi connectivity index (χ3v) is 4.16. The van der Waals surface area contributed by atoms with Gasteiger partial charge in [-0.25, -0.2) is 0 Å². The number of carbonyl (C=O) groups excluding carboxylic acids is 1. The van der Waals surface area contributed by atoms with Crippen molar-refractivity contribution in [3.8, 4) is 0 Å². The highest BCUT2D eigenvalue weighted by molar-refractivity contribution is 5.76. The minimum atomic E-state index is 0.195. The van der Waals surface area contributed by atoms with Crippen LogP contribution in [0.1, 0.15) is 52.4 Å². The number of rotatable bonds is 13. The second-order valence-electron chi connectivity index (χ2n) is 6.60. The number of likely N-dealkylation sites (N-methyl/N-ethyl adjacent to an activating group) is 2. The fourth-order valence-corrected chi connectivity index (χ4v) is 2.45. The van der Waals surface area contributed by atoms with E-state index in [4.69, 9.17) is 5.11 Å². The van der Waals surface area contributed by atoms with E-state index >= 15 is 0 Å². The van der Waals surface area contributed by atoms with Gasteiger partial charge in [-0.05, 0) is 33.1 Å². The zero-order valence-electron chi connectivity index (χ0n) is 15.2. The lowest BCUT2D eigenvalue weighted by atomic mass is 10.1. The molecule has 0 atom stereocenters. The van der Waals surface area contributed by atoms with Crippen molar-refractivity contribution < 1.29 is 14.4 Å². The van der Waals surface area contributed by atoms with Crippen molar-refractivity contribution in [1.29, 1.82) is 0 Å². The second-order valence-corrected chi connectivity index (χ2v) is 6.60. The van der Waals surface area contributed by atoms with Crippen LogP contribution in [-0.2, 0) is 4.79 Å². The second kappa shape index (κ2) is 12.7. The monoisotopic (exact) mass is 313 g/mol. The van der Waals surface area contributed by atoms with Crippen molar-refractivity contribution in [1.82, 2.24) is 4.90 Å². The van der Waals surface area contributed by atoms with Crippen LogP contribution in [0.25, 0.3) is 0 Å². The molecule has 0 aromatic rings. The first-order valence-corrected chi connectivity index (χ1v) is 8.78. The predicted octanol–water partition coefficient (Wildman–Crippen LogP) is 2.82. The molecular weight excluding hydrogens is 276 g/mol. The van der Waals surface area contributed by atoms with Gasteiger partial charge in [0.25, 0.3) is 0 Å². The molecular formula is C18H37N2O2+. The van der Waals surface area contributed by atoms with Crippen LogP contribution in [0.3, 0.4) is 0 Å². The summed E-state index contributed by atoms with van der Waals surface area (Å²) < 4.78 is 0.755. The molecule has 0 bridgehead atoms. The molecule has 0 aromatic heterocycles. The summed E-state index contributed by atoms with van der Waals surface area (Å²) in [5, 5.41) is 9.05. The van der Waals surface area contributed by atoms with E-state index < -0.39 is 0 Å². The summed E-state index contributed by atoms with van der Waals surface area (Å²) in [7, 11) is 4.19. The van der Waals surface area contributed by atoms with Gasteiger partial charge in [-0.1, -0.05) is 25.0 Å². The van der Waals surface area contributed by atoms with Gasteiger partial charge in [0.05, 0.1) is 33.8 Å². The van der Waals surface area contributed by atoms with E-state index in [1.807, 2.05) is 11.8 Å². The van der Waals surface area contributed by atoms with E-state index in [9.17, 15) is 4.79 Å². The van der Waals surface area contributed by atoms with Crippen LogP contribution >= 0.6 is 0 Å². The maximum atomic E-state index is 12.2. The molecule has 0 aliphatic rings. The molecule has 0 spiro atoms. The van der Waals surface area contributed by atoms with Crippen molar-refractivity contribution in [2.45, 2.75) is 52.4 Å². The molecule has 0 radical (unpaired) electrons. The Morgan fingerprint density at radius 1 is 1.14 bits per heavy atom. The van der Waals surface area contributed by atoms with Crippen LogP contribution in [0, 0.1) is 0 Å². The molecule has 0 aromatic carbocycles. The first kappa shape index (κ1) is 21.1. The van der Waals surface area contributed by atoms with Gasteiger partial charge in [0, 0.05) is 13.0 Å². The Morgan fingerprint density at radius 3 is 2.41 bits per heavy atom. The van der Waals surface area contributed by atoms with Gasteiger partial charge in [0.2, 0.25) is 5.91 Å². The van der Waals surface area contributed by atoms with Gasteiger partial charge in [-0.3, -0.25) is 4.79 Å². The highest BCUT2D eigenvalue weighted by atomic mass is 16.3. The summed E-state index contributed by atoms with van der Waals surface area (Å²) in [4.78, 5) is 14.2. The van der Waals surface area contributed by atoms with Gasteiger partial charge in [-0.15, -0.1) is 0 Å². The fourth-order valence-electron chi connectivity index (χ4n) is 2.45. The van der Waals surface area contributed by atoms with E-state index in [0.717, 1.165) is 49.9 Å². The number of nitrogens with zero attached hydrogens (tertiary/aromatic N) is 2. The first-order valence-electron chi connectivity index (χ1n) is 8.78. The van der Waals surface area contributed by atoms with E-state index in [1.165, 1.54) is 12.8 Å².